The Kier molecular flexibility index (Phi) is 7.82. The standard InChI is InChI=1S/C14H31N3O/c1-4-16(5-2)11-13(3)15-10-14(18)12-17-8-6-7-9-17/h13-15,18H,4-12H2,1-3H3. The van der Waals surface area contributed by atoms with E-state index in [9.17, 15) is 5.11 Å². The molecular weight excluding hydrogens is 226 g/mol. The molecule has 1 heterocycles. The minimum Gasteiger partial charge on any atom is -0.390 e. The van der Waals surface area contributed by atoms with Crippen LogP contribution >= 0.6 is 0 Å². The molecule has 4 heteroatoms. The van der Waals surface area contributed by atoms with E-state index in [0.717, 1.165) is 39.3 Å². The molecule has 0 saturated carbocycles. The van der Waals surface area contributed by atoms with Crippen molar-refractivity contribution in [3.63, 3.8) is 0 Å². The maximum atomic E-state index is 9.99. The molecule has 2 N–H and O–H groups in total. The van der Waals surface area contributed by atoms with Gasteiger partial charge in [0.15, 0.2) is 0 Å². The zero-order valence-corrected chi connectivity index (χ0v) is 12.4. The Bertz CT molecular complexity index is 193. The van der Waals surface area contributed by atoms with Crippen LogP contribution in [0.15, 0.2) is 0 Å². The topological polar surface area (TPSA) is 38.7 Å². The number of aliphatic hydroxyl groups is 1. The van der Waals surface area contributed by atoms with Gasteiger partial charge in [-0.3, -0.25) is 0 Å². The van der Waals surface area contributed by atoms with E-state index in [2.05, 4.69) is 35.9 Å². The molecule has 0 amide bonds. The normalized spacial score (nSPS) is 20.5. The fraction of sp³-hybridized carbons (Fsp3) is 1.00. The highest BCUT2D eigenvalue weighted by Crippen LogP contribution is 2.07. The summed E-state index contributed by atoms with van der Waals surface area (Å²) in [5.41, 5.74) is 0. The quantitative estimate of drug-likeness (QED) is 0.640. The molecule has 0 aliphatic carbocycles. The minimum atomic E-state index is -0.234. The summed E-state index contributed by atoms with van der Waals surface area (Å²) in [6.45, 7) is 13.7. The maximum absolute atomic E-state index is 9.99. The van der Waals surface area contributed by atoms with Gasteiger partial charge in [0.05, 0.1) is 6.10 Å². The van der Waals surface area contributed by atoms with Crippen LogP contribution in [0.5, 0.6) is 0 Å². The summed E-state index contributed by atoms with van der Waals surface area (Å²) in [7, 11) is 0. The fourth-order valence-electron chi connectivity index (χ4n) is 2.60. The SMILES string of the molecule is CCN(CC)CC(C)NCC(O)CN1CCCC1. The van der Waals surface area contributed by atoms with Crippen LogP contribution in [0.25, 0.3) is 0 Å². The summed E-state index contributed by atoms with van der Waals surface area (Å²) < 4.78 is 0. The van der Waals surface area contributed by atoms with Crippen LogP contribution in [0.4, 0.5) is 0 Å². The van der Waals surface area contributed by atoms with E-state index in [1.54, 1.807) is 0 Å². The first-order chi connectivity index (χ1) is 8.65. The van der Waals surface area contributed by atoms with Gasteiger partial charge < -0.3 is 20.2 Å². The molecule has 0 aromatic rings. The van der Waals surface area contributed by atoms with Crippen LogP contribution < -0.4 is 5.32 Å². The summed E-state index contributed by atoms with van der Waals surface area (Å²) in [6, 6.07) is 0.443. The highest BCUT2D eigenvalue weighted by molar-refractivity contribution is 4.74. The third kappa shape index (κ3) is 6.14. The number of likely N-dealkylation sites (tertiary alicyclic amines) is 1. The van der Waals surface area contributed by atoms with Crippen molar-refractivity contribution >= 4 is 0 Å². The first-order valence-electron chi connectivity index (χ1n) is 7.51. The van der Waals surface area contributed by atoms with Crippen LogP contribution in [-0.4, -0.2) is 72.9 Å². The Morgan fingerprint density at radius 3 is 2.39 bits per heavy atom. The van der Waals surface area contributed by atoms with Crippen molar-refractivity contribution in [1.82, 2.24) is 15.1 Å². The van der Waals surface area contributed by atoms with Crippen LogP contribution in [0.2, 0.25) is 0 Å². The molecule has 18 heavy (non-hydrogen) atoms. The van der Waals surface area contributed by atoms with Gasteiger partial charge >= 0.3 is 0 Å². The molecule has 2 atom stereocenters. The van der Waals surface area contributed by atoms with Gasteiger partial charge in [0.2, 0.25) is 0 Å². The van der Waals surface area contributed by atoms with Gasteiger partial charge in [0.1, 0.15) is 0 Å². The molecule has 0 aromatic heterocycles. The summed E-state index contributed by atoms with van der Waals surface area (Å²) in [6.07, 6.45) is 2.35. The van der Waals surface area contributed by atoms with Crippen molar-refractivity contribution in [2.24, 2.45) is 0 Å². The second-order valence-electron chi connectivity index (χ2n) is 5.46. The van der Waals surface area contributed by atoms with Gasteiger partial charge in [0.25, 0.3) is 0 Å². The van der Waals surface area contributed by atoms with Crippen molar-refractivity contribution in [3.05, 3.63) is 0 Å². The molecule has 1 aliphatic rings. The Labute approximate surface area is 112 Å². The zero-order chi connectivity index (χ0) is 13.4. The van der Waals surface area contributed by atoms with Gasteiger partial charge in [-0.15, -0.1) is 0 Å². The number of hydrogen-bond donors (Lipinski definition) is 2. The third-order valence-electron chi connectivity index (χ3n) is 3.80. The summed E-state index contributed by atoms with van der Waals surface area (Å²) >= 11 is 0. The van der Waals surface area contributed by atoms with E-state index in [0.29, 0.717) is 12.6 Å². The number of aliphatic hydroxyl groups excluding tert-OH is 1. The predicted octanol–water partition coefficient (Wildman–Crippen LogP) is 0.763. The van der Waals surface area contributed by atoms with E-state index in [1.165, 1.54) is 12.8 Å². The zero-order valence-electron chi connectivity index (χ0n) is 12.4. The number of nitrogens with zero attached hydrogens (tertiary/aromatic N) is 2. The van der Waals surface area contributed by atoms with Crippen molar-refractivity contribution in [1.29, 1.82) is 0 Å². The Morgan fingerprint density at radius 1 is 1.22 bits per heavy atom. The van der Waals surface area contributed by atoms with E-state index in [1.807, 2.05) is 0 Å². The van der Waals surface area contributed by atoms with Crippen molar-refractivity contribution < 1.29 is 5.11 Å². The highest BCUT2D eigenvalue weighted by Gasteiger charge is 2.16. The lowest BCUT2D eigenvalue weighted by molar-refractivity contribution is 0.118. The lowest BCUT2D eigenvalue weighted by atomic mass is 10.2. The molecule has 1 rings (SSSR count). The number of likely N-dealkylation sites (N-methyl/N-ethyl adjacent to an activating group) is 1. The fourth-order valence-corrected chi connectivity index (χ4v) is 2.60. The molecule has 0 radical (unpaired) electrons. The largest absolute Gasteiger partial charge is 0.390 e. The molecule has 1 saturated heterocycles. The Morgan fingerprint density at radius 2 is 1.83 bits per heavy atom. The molecule has 0 bridgehead atoms. The average Bonchev–Trinajstić information content (AvgIpc) is 2.86. The summed E-state index contributed by atoms with van der Waals surface area (Å²) in [5.74, 6) is 0. The van der Waals surface area contributed by atoms with Crippen LogP contribution in [-0.2, 0) is 0 Å². The van der Waals surface area contributed by atoms with Crippen molar-refractivity contribution in [2.75, 3.05) is 45.8 Å². The lowest BCUT2D eigenvalue weighted by Crippen LogP contribution is -2.44. The summed E-state index contributed by atoms with van der Waals surface area (Å²) in [5, 5.41) is 13.4. The van der Waals surface area contributed by atoms with Crippen molar-refractivity contribution in [2.45, 2.75) is 45.8 Å². The molecule has 0 spiro atoms. The highest BCUT2D eigenvalue weighted by atomic mass is 16.3. The number of hydrogen-bond acceptors (Lipinski definition) is 4. The summed E-state index contributed by atoms with van der Waals surface area (Å²) in [4.78, 5) is 4.77. The molecular formula is C14H31N3O. The number of rotatable bonds is 9. The Balaban J connectivity index is 2.10. The molecule has 2 unspecified atom stereocenters. The van der Waals surface area contributed by atoms with Crippen LogP contribution in [0.1, 0.15) is 33.6 Å². The molecule has 4 nitrogen and oxygen atoms in total. The number of β-amino-alcohol motifs (C(OH)–C–C–N with tert-alkyl or cyclic N) is 1. The predicted molar refractivity (Wildman–Crippen MR) is 76.9 cm³/mol. The van der Waals surface area contributed by atoms with Gasteiger partial charge in [-0.05, 0) is 45.9 Å². The lowest BCUT2D eigenvalue weighted by Gasteiger charge is -2.25. The third-order valence-corrected chi connectivity index (χ3v) is 3.80. The smallest absolute Gasteiger partial charge is 0.0791 e. The van der Waals surface area contributed by atoms with Gasteiger partial charge in [0, 0.05) is 25.7 Å². The Hall–Kier alpha value is -0.160. The van der Waals surface area contributed by atoms with E-state index < -0.39 is 0 Å². The number of nitrogens with one attached hydrogen (secondary N) is 1. The van der Waals surface area contributed by atoms with Gasteiger partial charge in [-0.2, -0.15) is 0 Å². The first kappa shape index (κ1) is 15.9. The first-order valence-corrected chi connectivity index (χ1v) is 7.51. The van der Waals surface area contributed by atoms with Gasteiger partial charge in [-0.25, -0.2) is 0 Å². The maximum Gasteiger partial charge on any atom is 0.0791 e. The van der Waals surface area contributed by atoms with E-state index in [4.69, 9.17) is 0 Å². The van der Waals surface area contributed by atoms with Crippen molar-refractivity contribution in [3.8, 4) is 0 Å². The van der Waals surface area contributed by atoms with Gasteiger partial charge in [-0.1, -0.05) is 13.8 Å². The molecule has 0 aromatic carbocycles. The molecule has 108 valence electrons. The van der Waals surface area contributed by atoms with Crippen LogP contribution in [0, 0.1) is 0 Å². The van der Waals surface area contributed by atoms with E-state index >= 15 is 0 Å². The monoisotopic (exact) mass is 257 g/mol. The van der Waals surface area contributed by atoms with Crippen LogP contribution in [0.3, 0.4) is 0 Å². The minimum absolute atomic E-state index is 0.234. The van der Waals surface area contributed by atoms with E-state index in [-0.39, 0.29) is 6.10 Å². The second kappa shape index (κ2) is 8.86. The molecule has 1 aliphatic heterocycles. The second-order valence-corrected chi connectivity index (χ2v) is 5.46. The average molecular weight is 257 g/mol. The molecule has 1 fully saturated rings.